The van der Waals surface area contributed by atoms with E-state index in [1.54, 1.807) is 6.07 Å². The fraction of sp³-hybridized carbons (Fsp3) is 0.105. The highest BCUT2D eigenvalue weighted by Crippen LogP contribution is 2.34. The largest absolute Gasteiger partial charge is 0.494 e. The summed E-state index contributed by atoms with van der Waals surface area (Å²) in [7, 11) is 1.03. The molecule has 0 aliphatic carbocycles. The van der Waals surface area contributed by atoms with Crippen LogP contribution in [0, 0.1) is 11.6 Å². The SMILES string of the molecule is COc1cc(=O)n(C)c(Nc2ccc(Br)cc2F)c1NS(=O)c1ccc(F)cc1. The molecule has 0 bridgehead atoms. The van der Waals surface area contributed by atoms with Crippen LogP contribution >= 0.6 is 15.9 Å². The molecular formula is C19H16BrF2N3O3S. The van der Waals surface area contributed by atoms with Crippen molar-refractivity contribution in [3.05, 3.63) is 75.0 Å². The molecule has 2 N–H and O–H groups in total. The number of rotatable bonds is 6. The number of ether oxygens (including phenoxy) is 1. The van der Waals surface area contributed by atoms with Gasteiger partial charge >= 0.3 is 0 Å². The van der Waals surface area contributed by atoms with Crippen molar-refractivity contribution in [1.29, 1.82) is 0 Å². The summed E-state index contributed by atoms with van der Waals surface area (Å²) in [5.74, 6) is -0.756. The molecule has 0 aliphatic rings. The molecule has 152 valence electrons. The standard InChI is InChI=1S/C19H16BrF2N3O3S/c1-25-17(26)10-16(28-2)18(24-29(27)13-6-4-12(21)5-7-13)19(25)23-15-8-3-11(20)9-14(15)22/h3-10,23-24H,1-2H3. The lowest BCUT2D eigenvalue weighted by Crippen LogP contribution is -2.22. The molecular weight excluding hydrogens is 468 g/mol. The van der Waals surface area contributed by atoms with Gasteiger partial charge in [-0.15, -0.1) is 0 Å². The van der Waals surface area contributed by atoms with Gasteiger partial charge in [-0.3, -0.25) is 14.1 Å². The van der Waals surface area contributed by atoms with Gasteiger partial charge in [-0.1, -0.05) is 15.9 Å². The lowest BCUT2D eigenvalue weighted by atomic mass is 10.3. The Labute approximate surface area is 176 Å². The Bertz CT molecular complexity index is 1140. The highest BCUT2D eigenvalue weighted by atomic mass is 79.9. The Kier molecular flexibility index (Phi) is 6.33. The smallest absolute Gasteiger partial charge is 0.255 e. The van der Waals surface area contributed by atoms with Crippen LogP contribution in [0.2, 0.25) is 0 Å². The second kappa shape index (κ2) is 8.75. The van der Waals surface area contributed by atoms with E-state index in [4.69, 9.17) is 4.74 Å². The summed E-state index contributed by atoms with van der Waals surface area (Å²) >= 11 is 3.19. The molecule has 3 aromatic rings. The van der Waals surface area contributed by atoms with E-state index in [0.717, 1.165) is 0 Å². The highest BCUT2D eigenvalue weighted by molar-refractivity contribution is 9.10. The molecule has 3 rings (SSSR count). The predicted molar refractivity (Wildman–Crippen MR) is 112 cm³/mol. The second-order valence-electron chi connectivity index (χ2n) is 5.91. The maximum absolute atomic E-state index is 14.3. The van der Waals surface area contributed by atoms with Gasteiger partial charge in [0.2, 0.25) is 0 Å². The van der Waals surface area contributed by atoms with Crippen molar-refractivity contribution < 1.29 is 17.7 Å². The number of nitrogens with one attached hydrogen (secondary N) is 2. The average Bonchev–Trinajstić information content (AvgIpc) is 2.69. The molecule has 0 spiro atoms. The number of hydrogen-bond donors (Lipinski definition) is 2. The molecule has 0 fully saturated rings. The number of benzene rings is 2. The zero-order valence-corrected chi connectivity index (χ0v) is 17.7. The van der Waals surface area contributed by atoms with Crippen molar-refractivity contribution in [2.24, 2.45) is 7.05 Å². The van der Waals surface area contributed by atoms with Gasteiger partial charge in [-0.05, 0) is 42.5 Å². The van der Waals surface area contributed by atoms with Crippen LogP contribution in [-0.2, 0) is 18.0 Å². The Morgan fingerprint density at radius 3 is 2.41 bits per heavy atom. The van der Waals surface area contributed by atoms with Crippen molar-refractivity contribution in [2.45, 2.75) is 4.90 Å². The lowest BCUT2D eigenvalue weighted by Gasteiger charge is -2.19. The molecule has 0 saturated carbocycles. The fourth-order valence-electron chi connectivity index (χ4n) is 2.51. The Morgan fingerprint density at radius 2 is 1.79 bits per heavy atom. The van der Waals surface area contributed by atoms with Crippen LogP contribution < -0.4 is 20.3 Å². The molecule has 0 amide bonds. The average molecular weight is 484 g/mol. The van der Waals surface area contributed by atoms with Crippen molar-refractivity contribution in [3.8, 4) is 5.75 Å². The number of hydrogen-bond acceptors (Lipinski definition) is 4. The van der Waals surface area contributed by atoms with Gasteiger partial charge in [0.15, 0.2) is 5.75 Å². The third-order valence-electron chi connectivity index (χ3n) is 4.03. The second-order valence-corrected chi connectivity index (χ2v) is 8.04. The van der Waals surface area contributed by atoms with Crippen LogP contribution in [0.4, 0.5) is 26.0 Å². The van der Waals surface area contributed by atoms with Gasteiger partial charge in [-0.2, -0.15) is 0 Å². The molecule has 29 heavy (non-hydrogen) atoms. The molecule has 0 radical (unpaired) electrons. The highest BCUT2D eigenvalue weighted by Gasteiger charge is 2.19. The van der Waals surface area contributed by atoms with E-state index in [2.05, 4.69) is 26.0 Å². The van der Waals surface area contributed by atoms with E-state index in [0.29, 0.717) is 9.37 Å². The summed E-state index contributed by atoms with van der Waals surface area (Å²) in [4.78, 5) is 12.6. The summed E-state index contributed by atoms with van der Waals surface area (Å²) in [6.45, 7) is 0. The first-order valence-electron chi connectivity index (χ1n) is 8.24. The van der Waals surface area contributed by atoms with Crippen LogP contribution in [0.15, 0.2) is 62.7 Å². The minimum Gasteiger partial charge on any atom is -0.494 e. The van der Waals surface area contributed by atoms with Gasteiger partial charge in [0, 0.05) is 17.6 Å². The van der Waals surface area contributed by atoms with Crippen molar-refractivity contribution in [1.82, 2.24) is 4.57 Å². The van der Waals surface area contributed by atoms with E-state index < -0.39 is 28.2 Å². The normalized spacial score (nSPS) is 11.8. The number of nitrogens with zero attached hydrogens (tertiary/aromatic N) is 1. The summed E-state index contributed by atoms with van der Waals surface area (Å²) in [5.41, 5.74) is -0.133. The summed E-state index contributed by atoms with van der Waals surface area (Å²) < 4.78 is 50.0. The first-order valence-corrected chi connectivity index (χ1v) is 10.2. The summed E-state index contributed by atoms with van der Waals surface area (Å²) in [6.07, 6.45) is 0. The maximum Gasteiger partial charge on any atom is 0.255 e. The van der Waals surface area contributed by atoms with Crippen molar-refractivity contribution in [3.63, 3.8) is 0 Å². The number of anilines is 3. The molecule has 1 heterocycles. The Morgan fingerprint density at radius 1 is 1.10 bits per heavy atom. The van der Waals surface area contributed by atoms with Crippen LogP contribution in [0.5, 0.6) is 5.75 Å². The van der Waals surface area contributed by atoms with Crippen LogP contribution in [0.25, 0.3) is 0 Å². The number of halogens is 3. The molecule has 6 nitrogen and oxygen atoms in total. The van der Waals surface area contributed by atoms with Crippen molar-refractivity contribution in [2.75, 3.05) is 17.1 Å². The molecule has 0 aliphatic heterocycles. The van der Waals surface area contributed by atoms with Gasteiger partial charge in [0.1, 0.15) is 34.1 Å². The first-order chi connectivity index (χ1) is 13.8. The quantitative estimate of drug-likeness (QED) is 0.547. The third-order valence-corrected chi connectivity index (χ3v) is 5.61. The van der Waals surface area contributed by atoms with Crippen molar-refractivity contribution >= 4 is 44.1 Å². The lowest BCUT2D eigenvalue weighted by molar-refractivity contribution is 0.415. The summed E-state index contributed by atoms with van der Waals surface area (Å²) in [6, 6.07) is 10.7. The van der Waals surface area contributed by atoms with Crippen LogP contribution in [0.3, 0.4) is 0 Å². The van der Waals surface area contributed by atoms with Crippen LogP contribution in [0.1, 0.15) is 0 Å². The Hall–Kier alpha value is -2.72. The monoisotopic (exact) mass is 483 g/mol. The van der Waals surface area contributed by atoms with Crippen LogP contribution in [-0.4, -0.2) is 15.9 Å². The first kappa shape index (κ1) is 21.0. The van der Waals surface area contributed by atoms with E-state index in [1.807, 2.05) is 0 Å². The van der Waals surface area contributed by atoms with Gasteiger partial charge in [0.25, 0.3) is 5.56 Å². The van der Waals surface area contributed by atoms with E-state index in [-0.39, 0.29) is 22.9 Å². The third kappa shape index (κ3) is 4.65. The maximum atomic E-state index is 14.3. The van der Waals surface area contributed by atoms with E-state index >= 15 is 0 Å². The molecule has 1 aromatic heterocycles. The topological polar surface area (TPSA) is 72.4 Å². The number of pyridine rings is 1. The molecule has 1 atom stereocenters. The zero-order chi connectivity index (χ0) is 21.1. The molecule has 0 saturated heterocycles. The molecule has 1 unspecified atom stereocenters. The molecule has 2 aromatic carbocycles. The number of aromatic nitrogens is 1. The zero-order valence-electron chi connectivity index (χ0n) is 15.3. The Balaban J connectivity index is 2.07. The minimum absolute atomic E-state index is 0.104. The van der Waals surface area contributed by atoms with E-state index in [9.17, 15) is 17.8 Å². The predicted octanol–water partition coefficient (Wildman–Crippen LogP) is 4.31. The van der Waals surface area contributed by atoms with E-state index in [1.165, 1.54) is 61.2 Å². The minimum atomic E-state index is -1.80. The molecule has 10 heteroatoms. The van der Waals surface area contributed by atoms with Gasteiger partial charge in [-0.25, -0.2) is 13.0 Å². The number of methoxy groups -OCH3 is 1. The summed E-state index contributed by atoms with van der Waals surface area (Å²) in [5, 5.41) is 2.85. The van der Waals surface area contributed by atoms with Gasteiger partial charge in [0.05, 0.1) is 17.7 Å². The van der Waals surface area contributed by atoms with Gasteiger partial charge < -0.3 is 10.1 Å². The fourth-order valence-corrected chi connectivity index (χ4v) is 3.73.